The molecule has 0 radical (unpaired) electrons. The first-order valence-electron chi connectivity index (χ1n) is 7.91. The van der Waals surface area contributed by atoms with E-state index in [0.717, 1.165) is 29.0 Å². The Balaban J connectivity index is 1.75. The van der Waals surface area contributed by atoms with E-state index in [1.807, 2.05) is 30.3 Å². The van der Waals surface area contributed by atoms with Crippen LogP contribution in [0.5, 0.6) is 0 Å². The van der Waals surface area contributed by atoms with Crippen LogP contribution in [-0.4, -0.2) is 18.0 Å². The van der Waals surface area contributed by atoms with Gasteiger partial charge in [0.05, 0.1) is 0 Å². The Morgan fingerprint density at radius 2 is 1.54 bits per heavy atom. The Bertz CT molecular complexity index is 962. The molecule has 0 fully saturated rings. The standard InChI is InChI=1S/C20H15F2NO3/c1-12(26-20(25)18-15(21)9-5-10-16(18)22)19(24)23-17-11-4-7-13-6-2-3-8-14(13)17/h2-12H,1H3,(H,23,24)/t12-/m1/s1. The highest BCUT2D eigenvalue weighted by atomic mass is 19.1. The Hall–Kier alpha value is -3.28. The Labute approximate surface area is 148 Å². The topological polar surface area (TPSA) is 55.4 Å². The first-order chi connectivity index (χ1) is 12.5. The lowest BCUT2D eigenvalue weighted by Gasteiger charge is -2.15. The number of hydrogen-bond donors (Lipinski definition) is 1. The molecule has 6 heteroatoms. The van der Waals surface area contributed by atoms with Crippen molar-refractivity contribution in [3.8, 4) is 0 Å². The SMILES string of the molecule is C[C@@H](OC(=O)c1c(F)cccc1F)C(=O)Nc1cccc2ccccc12. The number of anilines is 1. The highest BCUT2D eigenvalue weighted by Crippen LogP contribution is 2.23. The van der Waals surface area contributed by atoms with Crippen LogP contribution in [0.4, 0.5) is 14.5 Å². The summed E-state index contributed by atoms with van der Waals surface area (Å²) in [5.74, 6) is -3.93. The monoisotopic (exact) mass is 355 g/mol. The molecule has 0 saturated carbocycles. The lowest BCUT2D eigenvalue weighted by molar-refractivity contribution is -0.123. The van der Waals surface area contributed by atoms with Crippen molar-refractivity contribution < 1.29 is 23.1 Å². The summed E-state index contributed by atoms with van der Waals surface area (Å²) in [6.07, 6.45) is -1.24. The van der Waals surface area contributed by atoms with E-state index in [1.165, 1.54) is 6.92 Å². The first kappa shape index (κ1) is 17.5. The highest BCUT2D eigenvalue weighted by Gasteiger charge is 2.24. The molecule has 1 amide bonds. The average molecular weight is 355 g/mol. The van der Waals surface area contributed by atoms with Gasteiger partial charge in [0.1, 0.15) is 17.2 Å². The number of benzene rings is 3. The molecule has 132 valence electrons. The smallest absolute Gasteiger partial charge is 0.344 e. The van der Waals surface area contributed by atoms with Crippen molar-refractivity contribution in [2.45, 2.75) is 13.0 Å². The largest absolute Gasteiger partial charge is 0.449 e. The average Bonchev–Trinajstić information content (AvgIpc) is 2.61. The maximum atomic E-state index is 13.6. The van der Waals surface area contributed by atoms with E-state index < -0.39 is 35.2 Å². The molecular formula is C20H15F2NO3. The van der Waals surface area contributed by atoms with Crippen molar-refractivity contribution in [3.05, 3.63) is 77.9 Å². The summed E-state index contributed by atoms with van der Waals surface area (Å²) in [6.45, 7) is 1.33. The molecule has 1 N–H and O–H groups in total. The molecule has 0 spiro atoms. The molecule has 4 nitrogen and oxygen atoms in total. The van der Waals surface area contributed by atoms with Gasteiger partial charge in [0.2, 0.25) is 0 Å². The molecule has 1 atom stereocenters. The fraction of sp³-hybridized carbons (Fsp3) is 0.100. The number of halogens is 2. The summed E-state index contributed by atoms with van der Waals surface area (Å²) >= 11 is 0. The van der Waals surface area contributed by atoms with Crippen molar-refractivity contribution in [1.82, 2.24) is 0 Å². The molecule has 0 aliphatic rings. The second-order valence-corrected chi connectivity index (χ2v) is 5.66. The van der Waals surface area contributed by atoms with E-state index >= 15 is 0 Å². The minimum Gasteiger partial charge on any atom is -0.449 e. The Morgan fingerprint density at radius 3 is 2.27 bits per heavy atom. The molecular weight excluding hydrogens is 340 g/mol. The van der Waals surface area contributed by atoms with Gasteiger partial charge in [-0.15, -0.1) is 0 Å². The third-order valence-electron chi connectivity index (χ3n) is 3.87. The Kier molecular flexibility index (Phi) is 4.93. The summed E-state index contributed by atoms with van der Waals surface area (Å²) < 4.78 is 32.2. The van der Waals surface area contributed by atoms with E-state index in [4.69, 9.17) is 4.74 Å². The zero-order chi connectivity index (χ0) is 18.7. The predicted molar refractivity (Wildman–Crippen MR) is 93.8 cm³/mol. The number of carbonyl (C=O) groups is 2. The fourth-order valence-corrected chi connectivity index (χ4v) is 2.53. The molecule has 0 aromatic heterocycles. The van der Waals surface area contributed by atoms with Gasteiger partial charge in [0.25, 0.3) is 5.91 Å². The molecule has 3 aromatic rings. The molecule has 0 bridgehead atoms. The van der Waals surface area contributed by atoms with Gasteiger partial charge in [-0.2, -0.15) is 0 Å². The zero-order valence-electron chi connectivity index (χ0n) is 13.8. The second-order valence-electron chi connectivity index (χ2n) is 5.66. The van der Waals surface area contributed by atoms with Crippen molar-refractivity contribution >= 4 is 28.3 Å². The van der Waals surface area contributed by atoms with Gasteiger partial charge >= 0.3 is 5.97 Å². The summed E-state index contributed by atoms with van der Waals surface area (Å²) in [4.78, 5) is 24.3. The van der Waals surface area contributed by atoms with Crippen molar-refractivity contribution in [2.24, 2.45) is 0 Å². The number of carbonyl (C=O) groups excluding carboxylic acids is 2. The number of fused-ring (bicyclic) bond motifs is 1. The van der Waals surface area contributed by atoms with E-state index in [2.05, 4.69) is 5.32 Å². The van der Waals surface area contributed by atoms with Gasteiger partial charge in [-0.05, 0) is 30.5 Å². The fourth-order valence-electron chi connectivity index (χ4n) is 2.53. The van der Waals surface area contributed by atoms with E-state index in [-0.39, 0.29) is 0 Å². The quantitative estimate of drug-likeness (QED) is 0.710. The lowest BCUT2D eigenvalue weighted by Crippen LogP contribution is -2.30. The highest BCUT2D eigenvalue weighted by molar-refractivity contribution is 6.04. The zero-order valence-corrected chi connectivity index (χ0v) is 13.8. The van der Waals surface area contributed by atoms with Gasteiger partial charge in [-0.3, -0.25) is 4.79 Å². The van der Waals surface area contributed by atoms with E-state index in [0.29, 0.717) is 5.69 Å². The molecule has 26 heavy (non-hydrogen) atoms. The molecule has 0 saturated heterocycles. The van der Waals surface area contributed by atoms with Crippen molar-refractivity contribution in [2.75, 3.05) is 5.32 Å². The number of ether oxygens (including phenoxy) is 1. The third-order valence-corrected chi connectivity index (χ3v) is 3.87. The number of esters is 1. The van der Waals surface area contributed by atoms with E-state index in [1.54, 1.807) is 12.1 Å². The van der Waals surface area contributed by atoms with Crippen LogP contribution in [0.1, 0.15) is 17.3 Å². The molecule has 0 unspecified atom stereocenters. The molecule has 3 aromatic carbocycles. The minimum atomic E-state index is -1.24. The normalized spacial score (nSPS) is 11.8. The molecule has 0 aliphatic heterocycles. The number of nitrogens with one attached hydrogen (secondary N) is 1. The maximum Gasteiger partial charge on any atom is 0.344 e. The van der Waals surface area contributed by atoms with Gasteiger partial charge < -0.3 is 10.1 Å². The minimum absolute atomic E-state index is 0.549. The summed E-state index contributed by atoms with van der Waals surface area (Å²) in [6, 6.07) is 15.9. The molecule has 0 heterocycles. The maximum absolute atomic E-state index is 13.6. The second kappa shape index (κ2) is 7.31. The summed E-state index contributed by atoms with van der Waals surface area (Å²) in [5.41, 5.74) is -0.273. The number of amides is 1. The molecule has 3 rings (SSSR count). The van der Waals surface area contributed by atoms with Crippen LogP contribution in [0.3, 0.4) is 0 Å². The van der Waals surface area contributed by atoms with Crippen molar-refractivity contribution in [3.63, 3.8) is 0 Å². The van der Waals surface area contributed by atoms with Crippen LogP contribution in [-0.2, 0) is 9.53 Å². The molecule has 0 aliphatic carbocycles. The predicted octanol–water partition coefficient (Wildman–Crippen LogP) is 4.30. The van der Waals surface area contributed by atoms with Crippen molar-refractivity contribution in [1.29, 1.82) is 0 Å². The number of rotatable bonds is 4. The van der Waals surface area contributed by atoms with Crippen LogP contribution in [0.15, 0.2) is 60.7 Å². The van der Waals surface area contributed by atoms with Crippen LogP contribution in [0, 0.1) is 11.6 Å². The third kappa shape index (κ3) is 3.54. The van der Waals surface area contributed by atoms with Crippen LogP contribution in [0.2, 0.25) is 0 Å². The van der Waals surface area contributed by atoms with Crippen LogP contribution in [0.25, 0.3) is 10.8 Å². The first-order valence-corrected chi connectivity index (χ1v) is 7.91. The van der Waals surface area contributed by atoms with Crippen LogP contribution >= 0.6 is 0 Å². The van der Waals surface area contributed by atoms with Gasteiger partial charge in [0, 0.05) is 11.1 Å². The Morgan fingerprint density at radius 1 is 0.923 bits per heavy atom. The van der Waals surface area contributed by atoms with Gasteiger partial charge in [-0.1, -0.05) is 42.5 Å². The van der Waals surface area contributed by atoms with Crippen LogP contribution < -0.4 is 5.32 Å². The summed E-state index contributed by atoms with van der Waals surface area (Å²) in [7, 11) is 0. The summed E-state index contributed by atoms with van der Waals surface area (Å²) in [5, 5.41) is 4.42. The van der Waals surface area contributed by atoms with Gasteiger partial charge in [-0.25, -0.2) is 13.6 Å². The lowest BCUT2D eigenvalue weighted by atomic mass is 10.1. The van der Waals surface area contributed by atoms with Gasteiger partial charge in [0.15, 0.2) is 6.10 Å². The number of hydrogen-bond acceptors (Lipinski definition) is 3. The van der Waals surface area contributed by atoms with E-state index in [9.17, 15) is 18.4 Å².